The van der Waals surface area contributed by atoms with Crippen LogP contribution in [-0.2, 0) is 6.54 Å². The molecule has 3 rings (SSSR count). The Morgan fingerprint density at radius 1 is 1.20 bits per heavy atom. The highest BCUT2D eigenvalue weighted by Gasteiger charge is 2.30. The third-order valence-electron chi connectivity index (χ3n) is 4.73. The summed E-state index contributed by atoms with van der Waals surface area (Å²) >= 11 is 0. The second kappa shape index (κ2) is 8.23. The van der Waals surface area contributed by atoms with Crippen LogP contribution in [0.3, 0.4) is 0 Å². The van der Waals surface area contributed by atoms with E-state index in [9.17, 15) is 14.3 Å². The van der Waals surface area contributed by atoms with Crippen molar-refractivity contribution in [2.45, 2.75) is 19.0 Å². The number of hydrogen-bond acceptors (Lipinski definition) is 3. The van der Waals surface area contributed by atoms with E-state index in [0.717, 1.165) is 19.5 Å². The summed E-state index contributed by atoms with van der Waals surface area (Å²) in [6, 6.07) is 15.7. The fraction of sp³-hybridized carbons (Fsp3) is 0.350. The number of halogens is 1. The molecule has 4 nitrogen and oxygen atoms in total. The van der Waals surface area contributed by atoms with Crippen molar-refractivity contribution >= 4 is 5.91 Å². The maximum atomic E-state index is 13.3. The first-order valence-electron chi connectivity index (χ1n) is 8.59. The Bertz CT molecular complexity index is 708. The molecule has 1 heterocycles. The predicted molar refractivity (Wildman–Crippen MR) is 94.6 cm³/mol. The molecule has 0 bridgehead atoms. The van der Waals surface area contributed by atoms with Crippen molar-refractivity contribution in [2.75, 3.05) is 19.7 Å². The van der Waals surface area contributed by atoms with Gasteiger partial charge in [0.1, 0.15) is 5.82 Å². The monoisotopic (exact) mass is 342 g/mol. The van der Waals surface area contributed by atoms with E-state index in [-0.39, 0.29) is 24.5 Å². The molecule has 0 saturated carbocycles. The predicted octanol–water partition coefficient (Wildman–Crippen LogP) is 2.44. The summed E-state index contributed by atoms with van der Waals surface area (Å²) in [5.74, 6) is -0.713. The number of rotatable bonds is 5. The Morgan fingerprint density at radius 3 is 2.72 bits per heavy atom. The van der Waals surface area contributed by atoms with Crippen molar-refractivity contribution in [2.24, 2.45) is 5.92 Å². The molecule has 2 unspecified atom stereocenters. The first-order valence-corrected chi connectivity index (χ1v) is 8.59. The SMILES string of the molecule is O=C(NC1CN(Cc2ccccc2)CCC1CO)c1cccc(F)c1. The number of aliphatic hydroxyl groups excluding tert-OH is 1. The van der Waals surface area contributed by atoms with Crippen molar-refractivity contribution in [3.63, 3.8) is 0 Å². The third kappa shape index (κ3) is 4.65. The molecule has 1 amide bonds. The third-order valence-corrected chi connectivity index (χ3v) is 4.73. The van der Waals surface area contributed by atoms with Gasteiger partial charge < -0.3 is 10.4 Å². The fourth-order valence-corrected chi connectivity index (χ4v) is 3.32. The van der Waals surface area contributed by atoms with Gasteiger partial charge in [0, 0.05) is 37.2 Å². The summed E-state index contributed by atoms with van der Waals surface area (Å²) in [6.07, 6.45) is 0.817. The van der Waals surface area contributed by atoms with Crippen LogP contribution >= 0.6 is 0 Å². The first kappa shape index (κ1) is 17.6. The summed E-state index contributed by atoms with van der Waals surface area (Å²) in [4.78, 5) is 14.7. The molecule has 5 heteroatoms. The lowest BCUT2D eigenvalue weighted by atomic mass is 9.91. The van der Waals surface area contributed by atoms with Crippen molar-refractivity contribution in [3.8, 4) is 0 Å². The molecule has 0 radical (unpaired) electrons. The number of benzene rings is 2. The van der Waals surface area contributed by atoms with Crippen LogP contribution in [0.15, 0.2) is 54.6 Å². The van der Waals surface area contributed by atoms with Crippen LogP contribution in [0.1, 0.15) is 22.3 Å². The van der Waals surface area contributed by atoms with Crippen molar-refractivity contribution in [1.29, 1.82) is 0 Å². The van der Waals surface area contributed by atoms with Crippen LogP contribution in [0.25, 0.3) is 0 Å². The largest absolute Gasteiger partial charge is 0.396 e. The van der Waals surface area contributed by atoms with Crippen LogP contribution in [-0.4, -0.2) is 41.7 Å². The van der Waals surface area contributed by atoms with E-state index in [1.165, 1.54) is 23.8 Å². The number of likely N-dealkylation sites (tertiary alicyclic amines) is 1. The zero-order valence-corrected chi connectivity index (χ0v) is 14.1. The van der Waals surface area contributed by atoms with Crippen LogP contribution < -0.4 is 5.32 Å². The van der Waals surface area contributed by atoms with Crippen molar-refractivity contribution in [1.82, 2.24) is 10.2 Å². The second-order valence-electron chi connectivity index (χ2n) is 6.54. The maximum Gasteiger partial charge on any atom is 0.251 e. The Morgan fingerprint density at radius 2 is 2.00 bits per heavy atom. The summed E-state index contributed by atoms with van der Waals surface area (Å²) in [6.45, 7) is 2.40. The van der Waals surface area contributed by atoms with E-state index >= 15 is 0 Å². The molecule has 1 aliphatic heterocycles. The lowest BCUT2D eigenvalue weighted by molar-refractivity contribution is 0.0730. The number of nitrogens with zero attached hydrogens (tertiary/aromatic N) is 1. The van der Waals surface area contributed by atoms with Crippen LogP contribution in [0, 0.1) is 11.7 Å². The normalized spacial score (nSPS) is 21.0. The summed E-state index contributed by atoms with van der Waals surface area (Å²) in [7, 11) is 0. The molecule has 0 aliphatic carbocycles. The minimum atomic E-state index is -0.430. The van der Waals surface area contributed by atoms with E-state index in [1.807, 2.05) is 18.2 Å². The number of aliphatic hydroxyl groups is 1. The molecule has 2 aromatic carbocycles. The molecular weight excluding hydrogens is 319 g/mol. The molecule has 0 aromatic heterocycles. The zero-order chi connectivity index (χ0) is 17.6. The van der Waals surface area contributed by atoms with E-state index in [2.05, 4.69) is 22.3 Å². The van der Waals surface area contributed by atoms with Gasteiger partial charge in [-0.25, -0.2) is 4.39 Å². The number of piperidine rings is 1. The number of carbonyl (C=O) groups is 1. The highest BCUT2D eigenvalue weighted by atomic mass is 19.1. The molecule has 1 saturated heterocycles. The minimum absolute atomic E-state index is 0.0181. The molecule has 1 fully saturated rings. The van der Waals surface area contributed by atoms with Gasteiger partial charge in [0.15, 0.2) is 0 Å². The van der Waals surface area contributed by atoms with Crippen molar-refractivity contribution in [3.05, 3.63) is 71.5 Å². The van der Waals surface area contributed by atoms with Gasteiger partial charge in [-0.15, -0.1) is 0 Å². The first-order chi connectivity index (χ1) is 12.2. The molecule has 1 aliphatic rings. The average molecular weight is 342 g/mol. The van der Waals surface area contributed by atoms with E-state index in [1.54, 1.807) is 6.07 Å². The minimum Gasteiger partial charge on any atom is -0.396 e. The lowest BCUT2D eigenvalue weighted by Gasteiger charge is -2.38. The Balaban J connectivity index is 1.65. The van der Waals surface area contributed by atoms with Crippen LogP contribution in [0.4, 0.5) is 4.39 Å². The summed E-state index contributed by atoms with van der Waals surface area (Å²) in [5.41, 5.74) is 1.53. The standard InChI is InChI=1S/C20H23FN2O2/c21-18-8-4-7-16(11-18)20(25)22-19-13-23(10-9-17(19)14-24)12-15-5-2-1-3-6-15/h1-8,11,17,19,24H,9-10,12-14H2,(H,22,25). The molecule has 2 aromatic rings. The second-order valence-corrected chi connectivity index (χ2v) is 6.54. The molecular formula is C20H23FN2O2. The van der Waals surface area contributed by atoms with Gasteiger partial charge >= 0.3 is 0 Å². The number of hydrogen-bond donors (Lipinski definition) is 2. The topological polar surface area (TPSA) is 52.6 Å². The Kier molecular flexibility index (Phi) is 5.79. The van der Waals surface area contributed by atoms with Gasteiger partial charge in [0.25, 0.3) is 5.91 Å². The van der Waals surface area contributed by atoms with Gasteiger partial charge in [-0.2, -0.15) is 0 Å². The van der Waals surface area contributed by atoms with Gasteiger partial charge in [-0.05, 0) is 36.7 Å². The molecule has 0 spiro atoms. The fourth-order valence-electron chi connectivity index (χ4n) is 3.32. The van der Waals surface area contributed by atoms with Crippen LogP contribution in [0.2, 0.25) is 0 Å². The number of amides is 1. The highest BCUT2D eigenvalue weighted by molar-refractivity contribution is 5.94. The average Bonchev–Trinajstić information content (AvgIpc) is 2.63. The number of nitrogens with one attached hydrogen (secondary N) is 1. The smallest absolute Gasteiger partial charge is 0.251 e. The Labute approximate surface area is 147 Å². The number of carbonyl (C=O) groups excluding carboxylic acids is 1. The highest BCUT2D eigenvalue weighted by Crippen LogP contribution is 2.20. The Hall–Kier alpha value is -2.24. The van der Waals surface area contributed by atoms with E-state index in [0.29, 0.717) is 12.1 Å². The van der Waals surface area contributed by atoms with Gasteiger partial charge in [0.05, 0.1) is 0 Å². The lowest BCUT2D eigenvalue weighted by Crippen LogP contribution is -2.53. The molecule has 25 heavy (non-hydrogen) atoms. The molecule has 2 atom stereocenters. The zero-order valence-electron chi connectivity index (χ0n) is 14.1. The van der Waals surface area contributed by atoms with Gasteiger partial charge in [-0.3, -0.25) is 9.69 Å². The maximum absolute atomic E-state index is 13.3. The van der Waals surface area contributed by atoms with Gasteiger partial charge in [-0.1, -0.05) is 36.4 Å². The van der Waals surface area contributed by atoms with Crippen LogP contribution in [0.5, 0.6) is 0 Å². The summed E-state index contributed by atoms with van der Waals surface area (Å²) < 4.78 is 13.3. The van der Waals surface area contributed by atoms with Crippen molar-refractivity contribution < 1.29 is 14.3 Å². The van der Waals surface area contributed by atoms with E-state index < -0.39 is 5.82 Å². The summed E-state index contributed by atoms with van der Waals surface area (Å²) in [5, 5.41) is 12.6. The van der Waals surface area contributed by atoms with Gasteiger partial charge in [0.2, 0.25) is 0 Å². The van der Waals surface area contributed by atoms with E-state index in [4.69, 9.17) is 0 Å². The quantitative estimate of drug-likeness (QED) is 0.878. The molecule has 132 valence electrons. The molecule has 2 N–H and O–H groups in total.